The van der Waals surface area contributed by atoms with Crippen molar-refractivity contribution in [3.05, 3.63) is 45.8 Å². The summed E-state index contributed by atoms with van der Waals surface area (Å²) in [6, 6.07) is 5.88. The predicted octanol–water partition coefficient (Wildman–Crippen LogP) is 3.93. The van der Waals surface area contributed by atoms with Crippen molar-refractivity contribution in [1.82, 2.24) is 5.32 Å². The number of rotatable bonds is 6. The summed E-state index contributed by atoms with van der Waals surface area (Å²) in [7, 11) is 5.24. The maximum atomic E-state index is 5.55. The molecule has 0 bridgehead atoms. The Balaban J connectivity index is 2.56. The highest BCUT2D eigenvalue weighted by Gasteiger charge is 2.22. The zero-order valence-electron chi connectivity index (χ0n) is 12.7. The fourth-order valence-corrected chi connectivity index (χ4v) is 2.97. The van der Waals surface area contributed by atoms with E-state index in [0.717, 1.165) is 39.3 Å². The van der Waals surface area contributed by atoms with Gasteiger partial charge in [-0.2, -0.15) is 0 Å². The van der Waals surface area contributed by atoms with Gasteiger partial charge >= 0.3 is 0 Å². The minimum Gasteiger partial charge on any atom is -0.496 e. The van der Waals surface area contributed by atoms with Gasteiger partial charge in [0.05, 0.1) is 31.0 Å². The Morgan fingerprint density at radius 3 is 2.48 bits per heavy atom. The molecule has 2 aromatic rings. The summed E-state index contributed by atoms with van der Waals surface area (Å²) in [6.45, 7) is 2.08. The van der Waals surface area contributed by atoms with Gasteiger partial charge in [0.25, 0.3) is 0 Å². The number of furan rings is 1. The normalized spacial score (nSPS) is 12.2. The smallest absolute Gasteiger partial charge is 0.133 e. The van der Waals surface area contributed by atoms with E-state index in [2.05, 4.69) is 28.2 Å². The summed E-state index contributed by atoms with van der Waals surface area (Å²) in [5.41, 5.74) is 2.12. The van der Waals surface area contributed by atoms with E-state index in [4.69, 9.17) is 13.9 Å². The van der Waals surface area contributed by atoms with E-state index in [1.807, 2.05) is 25.2 Å². The van der Waals surface area contributed by atoms with Crippen LogP contribution in [0, 0.1) is 0 Å². The number of hydrogen-bond acceptors (Lipinski definition) is 4. The van der Waals surface area contributed by atoms with E-state index in [0.29, 0.717) is 0 Å². The molecule has 1 aromatic heterocycles. The molecule has 0 saturated heterocycles. The van der Waals surface area contributed by atoms with Crippen molar-refractivity contribution in [3.8, 4) is 11.5 Å². The first-order valence-corrected chi connectivity index (χ1v) is 7.60. The third-order valence-electron chi connectivity index (χ3n) is 3.52. The van der Waals surface area contributed by atoms with Gasteiger partial charge in [-0.15, -0.1) is 0 Å². The predicted molar refractivity (Wildman–Crippen MR) is 86.2 cm³/mol. The van der Waals surface area contributed by atoms with Crippen LogP contribution in [0.5, 0.6) is 11.5 Å². The molecule has 114 valence electrons. The second kappa shape index (κ2) is 7.00. The Morgan fingerprint density at radius 2 is 1.90 bits per heavy atom. The largest absolute Gasteiger partial charge is 0.496 e. The molecule has 0 amide bonds. The first-order valence-electron chi connectivity index (χ1n) is 6.81. The van der Waals surface area contributed by atoms with Crippen LogP contribution in [0.4, 0.5) is 0 Å². The molecule has 1 aromatic carbocycles. The van der Waals surface area contributed by atoms with Gasteiger partial charge in [-0.3, -0.25) is 0 Å². The number of benzene rings is 1. The standard InChI is InChI=1S/C16H20BrNO3/c1-5-13-10(6-7-21-13)16(18-2)11-8-15(20-4)12(17)9-14(11)19-3/h6-9,16,18H,5H2,1-4H3. The van der Waals surface area contributed by atoms with E-state index >= 15 is 0 Å². The first-order chi connectivity index (χ1) is 10.2. The highest BCUT2D eigenvalue weighted by molar-refractivity contribution is 9.10. The first kappa shape index (κ1) is 15.9. The minimum absolute atomic E-state index is 0.0179. The molecule has 0 aliphatic carbocycles. The second-order valence-electron chi connectivity index (χ2n) is 4.60. The van der Waals surface area contributed by atoms with Crippen LogP contribution in [0.25, 0.3) is 0 Å². The fourth-order valence-electron chi connectivity index (χ4n) is 2.48. The molecule has 4 nitrogen and oxygen atoms in total. The summed E-state index contributed by atoms with van der Waals surface area (Å²) in [4.78, 5) is 0. The lowest BCUT2D eigenvalue weighted by atomic mass is 9.97. The average molecular weight is 354 g/mol. The summed E-state index contributed by atoms with van der Waals surface area (Å²) in [5, 5.41) is 3.33. The lowest BCUT2D eigenvalue weighted by Gasteiger charge is -2.21. The maximum absolute atomic E-state index is 5.55. The van der Waals surface area contributed by atoms with Crippen LogP contribution in [-0.4, -0.2) is 21.3 Å². The number of methoxy groups -OCH3 is 2. The number of hydrogen-bond donors (Lipinski definition) is 1. The number of aryl methyl sites for hydroxylation is 1. The van der Waals surface area contributed by atoms with Crippen LogP contribution < -0.4 is 14.8 Å². The van der Waals surface area contributed by atoms with E-state index in [-0.39, 0.29) is 6.04 Å². The molecule has 2 rings (SSSR count). The Kier molecular flexibility index (Phi) is 5.31. The van der Waals surface area contributed by atoms with Gasteiger partial charge < -0.3 is 19.2 Å². The van der Waals surface area contributed by atoms with E-state index < -0.39 is 0 Å². The fraction of sp³-hybridized carbons (Fsp3) is 0.375. The molecule has 1 N–H and O–H groups in total. The lowest BCUT2D eigenvalue weighted by molar-refractivity contribution is 0.392. The monoisotopic (exact) mass is 353 g/mol. The summed E-state index contributed by atoms with van der Waals surface area (Å²) in [5.74, 6) is 2.54. The summed E-state index contributed by atoms with van der Waals surface area (Å²) in [6.07, 6.45) is 2.57. The molecule has 0 aliphatic rings. The molecule has 0 saturated carbocycles. The van der Waals surface area contributed by atoms with Crippen molar-refractivity contribution < 1.29 is 13.9 Å². The molecule has 0 fully saturated rings. The average Bonchev–Trinajstić information content (AvgIpc) is 2.97. The van der Waals surface area contributed by atoms with Crippen LogP contribution in [0.2, 0.25) is 0 Å². The highest BCUT2D eigenvalue weighted by atomic mass is 79.9. The Labute approximate surface area is 133 Å². The van der Waals surface area contributed by atoms with Gasteiger partial charge in [0.2, 0.25) is 0 Å². The number of nitrogens with one attached hydrogen (secondary N) is 1. The molecular weight excluding hydrogens is 334 g/mol. The summed E-state index contributed by atoms with van der Waals surface area (Å²) < 4.78 is 17.3. The molecule has 1 atom stereocenters. The topological polar surface area (TPSA) is 43.6 Å². The van der Waals surface area contributed by atoms with Crippen molar-refractivity contribution in [1.29, 1.82) is 0 Å². The lowest BCUT2D eigenvalue weighted by Crippen LogP contribution is -2.19. The third-order valence-corrected chi connectivity index (χ3v) is 4.14. The van der Waals surface area contributed by atoms with Gasteiger partial charge in [-0.25, -0.2) is 0 Å². The minimum atomic E-state index is -0.0179. The van der Waals surface area contributed by atoms with Crippen molar-refractivity contribution >= 4 is 15.9 Å². The molecule has 1 heterocycles. The Hall–Kier alpha value is -1.46. The zero-order chi connectivity index (χ0) is 15.4. The van der Waals surface area contributed by atoms with Gasteiger partial charge in [-0.05, 0) is 41.2 Å². The van der Waals surface area contributed by atoms with Crippen LogP contribution in [-0.2, 0) is 6.42 Å². The van der Waals surface area contributed by atoms with Crippen molar-refractivity contribution in [2.45, 2.75) is 19.4 Å². The molecule has 0 aliphatic heterocycles. The molecule has 0 spiro atoms. The van der Waals surface area contributed by atoms with Gasteiger partial charge in [0.15, 0.2) is 0 Å². The molecule has 0 radical (unpaired) electrons. The Morgan fingerprint density at radius 1 is 1.19 bits per heavy atom. The van der Waals surface area contributed by atoms with Crippen LogP contribution >= 0.6 is 15.9 Å². The van der Waals surface area contributed by atoms with Gasteiger partial charge in [0, 0.05) is 17.5 Å². The van der Waals surface area contributed by atoms with Crippen LogP contribution in [0.15, 0.2) is 33.4 Å². The highest BCUT2D eigenvalue weighted by Crippen LogP contribution is 2.38. The van der Waals surface area contributed by atoms with E-state index in [1.165, 1.54) is 0 Å². The van der Waals surface area contributed by atoms with Gasteiger partial charge in [0.1, 0.15) is 17.3 Å². The van der Waals surface area contributed by atoms with Crippen molar-refractivity contribution in [2.75, 3.05) is 21.3 Å². The van der Waals surface area contributed by atoms with Crippen LogP contribution in [0.1, 0.15) is 29.9 Å². The quantitative estimate of drug-likeness (QED) is 0.854. The number of halogens is 1. The van der Waals surface area contributed by atoms with Crippen molar-refractivity contribution in [3.63, 3.8) is 0 Å². The third kappa shape index (κ3) is 3.09. The summed E-state index contributed by atoms with van der Waals surface area (Å²) >= 11 is 3.49. The van der Waals surface area contributed by atoms with Crippen molar-refractivity contribution in [2.24, 2.45) is 0 Å². The second-order valence-corrected chi connectivity index (χ2v) is 5.46. The number of ether oxygens (including phenoxy) is 2. The SMILES string of the molecule is CCc1occc1C(NC)c1cc(OC)c(Br)cc1OC. The molecule has 21 heavy (non-hydrogen) atoms. The molecule has 1 unspecified atom stereocenters. The van der Waals surface area contributed by atoms with E-state index in [9.17, 15) is 0 Å². The van der Waals surface area contributed by atoms with E-state index in [1.54, 1.807) is 20.5 Å². The van der Waals surface area contributed by atoms with Gasteiger partial charge in [-0.1, -0.05) is 6.92 Å². The molecular formula is C16H20BrNO3. The maximum Gasteiger partial charge on any atom is 0.133 e. The Bertz CT molecular complexity index is 610. The van der Waals surface area contributed by atoms with Crippen LogP contribution in [0.3, 0.4) is 0 Å². The molecule has 5 heteroatoms. The zero-order valence-corrected chi connectivity index (χ0v) is 14.3.